The topological polar surface area (TPSA) is 60.0 Å². The van der Waals surface area contributed by atoms with Gasteiger partial charge in [-0.3, -0.25) is 5.43 Å². The van der Waals surface area contributed by atoms with Crippen molar-refractivity contribution < 1.29 is 23.4 Å². The Balaban J connectivity index is 1.97. The van der Waals surface area contributed by atoms with Crippen LogP contribution in [0.15, 0.2) is 0 Å². The van der Waals surface area contributed by atoms with Gasteiger partial charge in [0.05, 0.1) is 26.4 Å². The van der Waals surface area contributed by atoms with Crippen LogP contribution < -0.4 is 5.43 Å². The first-order chi connectivity index (χ1) is 7.83. The third kappa shape index (κ3) is 5.84. The Morgan fingerprint density at radius 2 is 2.06 bits per heavy atom. The van der Waals surface area contributed by atoms with Crippen LogP contribution in [0.3, 0.4) is 0 Å². The van der Waals surface area contributed by atoms with E-state index in [1.165, 1.54) is 0 Å². The smallest absolute Gasteiger partial charge is 0.421 e. The van der Waals surface area contributed by atoms with E-state index < -0.39 is 12.8 Å². The van der Waals surface area contributed by atoms with Gasteiger partial charge >= 0.3 is 6.09 Å². The minimum atomic E-state index is -0.528. The molecule has 1 aliphatic heterocycles. The van der Waals surface area contributed by atoms with E-state index in [-0.39, 0.29) is 19.8 Å². The number of carbonyl (C=O) groups is 1. The molecule has 0 aromatic carbocycles. The molecular formula is C9H17FN2O4. The molecule has 16 heavy (non-hydrogen) atoms. The lowest BCUT2D eigenvalue weighted by Gasteiger charge is -2.26. The first-order valence-electron chi connectivity index (χ1n) is 5.22. The van der Waals surface area contributed by atoms with Gasteiger partial charge in [0.15, 0.2) is 0 Å². The maximum absolute atomic E-state index is 11.6. The average Bonchev–Trinajstić information content (AvgIpc) is 2.30. The van der Waals surface area contributed by atoms with Crippen molar-refractivity contribution in [1.82, 2.24) is 10.4 Å². The molecule has 0 unspecified atom stereocenters. The molecule has 1 rings (SSSR count). The van der Waals surface area contributed by atoms with Gasteiger partial charge in [-0.2, -0.15) is 0 Å². The van der Waals surface area contributed by atoms with Gasteiger partial charge < -0.3 is 14.2 Å². The van der Waals surface area contributed by atoms with E-state index in [9.17, 15) is 9.18 Å². The molecule has 0 spiro atoms. The van der Waals surface area contributed by atoms with Crippen molar-refractivity contribution in [2.45, 2.75) is 0 Å². The van der Waals surface area contributed by atoms with Gasteiger partial charge in [0.1, 0.15) is 13.3 Å². The van der Waals surface area contributed by atoms with Crippen molar-refractivity contribution >= 4 is 6.09 Å². The van der Waals surface area contributed by atoms with E-state index in [0.29, 0.717) is 26.3 Å². The summed E-state index contributed by atoms with van der Waals surface area (Å²) in [5.41, 5.74) is 2.57. The number of alkyl halides is 1. The van der Waals surface area contributed by atoms with Crippen LogP contribution in [0.1, 0.15) is 0 Å². The fourth-order valence-electron chi connectivity index (χ4n) is 1.19. The number of ether oxygens (including phenoxy) is 3. The standard InChI is InChI=1S/C9H17FN2O4/c10-1-4-14-7-8-16-9(13)11-12-2-5-15-6-3-12/h1-8H2,(H,11,13). The highest BCUT2D eigenvalue weighted by atomic mass is 19.1. The SMILES string of the molecule is O=C(NN1CCOCC1)OCCOCCF. The van der Waals surface area contributed by atoms with Crippen molar-refractivity contribution in [3.63, 3.8) is 0 Å². The number of carbonyl (C=O) groups excluding carboxylic acids is 1. The Hall–Kier alpha value is -0.920. The van der Waals surface area contributed by atoms with Gasteiger partial charge in [-0.15, -0.1) is 0 Å². The van der Waals surface area contributed by atoms with Crippen molar-refractivity contribution in [3.8, 4) is 0 Å². The summed E-state index contributed by atoms with van der Waals surface area (Å²) in [6.07, 6.45) is -0.522. The maximum Gasteiger partial charge on any atom is 0.421 e. The molecule has 1 aliphatic rings. The van der Waals surface area contributed by atoms with E-state index in [4.69, 9.17) is 14.2 Å². The molecule has 1 fully saturated rings. The Labute approximate surface area is 93.6 Å². The number of nitrogens with one attached hydrogen (secondary N) is 1. The molecule has 0 bridgehead atoms. The fourth-order valence-corrected chi connectivity index (χ4v) is 1.19. The van der Waals surface area contributed by atoms with Gasteiger partial charge in [0, 0.05) is 13.1 Å². The summed E-state index contributed by atoms with van der Waals surface area (Å²) in [7, 11) is 0. The normalized spacial score (nSPS) is 17.1. The third-order valence-corrected chi connectivity index (χ3v) is 1.94. The number of hydrazine groups is 1. The van der Waals surface area contributed by atoms with Crippen LogP contribution >= 0.6 is 0 Å². The van der Waals surface area contributed by atoms with Crippen LogP contribution in [0.5, 0.6) is 0 Å². The van der Waals surface area contributed by atoms with Crippen molar-refractivity contribution in [3.05, 3.63) is 0 Å². The van der Waals surface area contributed by atoms with Gasteiger partial charge in [-0.25, -0.2) is 14.2 Å². The van der Waals surface area contributed by atoms with Gasteiger partial charge in [0.2, 0.25) is 0 Å². The minimum absolute atomic E-state index is 0.0362. The summed E-state index contributed by atoms with van der Waals surface area (Å²) in [4.78, 5) is 11.2. The molecule has 1 amide bonds. The molecular weight excluding hydrogens is 219 g/mol. The van der Waals surface area contributed by atoms with Crippen LogP contribution in [0.2, 0.25) is 0 Å². The summed E-state index contributed by atoms with van der Waals surface area (Å²) in [5.74, 6) is 0. The zero-order valence-electron chi connectivity index (χ0n) is 9.12. The molecule has 0 aromatic heterocycles. The average molecular weight is 236 g/mol. The van der Waals surface area contributed by atoms with E-state index in [0.717, 1.165) is 0 Å². The number of nitrogens with zero attached hydrogens (tertiary/aromatic N) is 1. The Kier molecular flexibility index (Phi) is 6.78. The maximum atomic E-state index is 11.6. The molecule has 0 radical (unpaired) electrons. The third-order valence-electron chi connectivity index (χ3n) is 1.94. The van der Waals surface area contributed by atoms with Crippen LogP contribution in [0.25, 0.3) is 0 Å². The van der Waals surface area contributed by atoms with Crippen molar-refractivity contribution in [2.75, 3.05) is 52.8 Å². The van der Waals surface area contributed by atoms with Crippen LogP contribution in [0.4, 0.5) is 9.18 Å². The number of halogens is 1. The van der Waals surface area contributed by atoms with E-state index in [1.807, 2.05) is 0 Å². The Morgan fingerprint density at radius 3 is 2.75 bits per heavy atom. The van der Waals surface area contributed by atoms with Crippen LogP contribution in [0, 0.1) is 0 Å². The summed E-state index contributed by atoms with van der Waals surface area (Å²) < 4.78 is 26.4. The highest BCUT2D eigenvalue weighted by Gasteiger charge is 2.13. The number of rotatable bonds is 6. The molecule has 1 heterocycles. The number of morpholine rings is 1. The largest absolute Gasteiger partial charge is 0.446 e. The summed E-state index contributed by atoms with van der Waals surface area (Å²) in [6, 6.07) is 0. The van der Waals surface area contributed by atoms with Gasteiger partial charge in [-0.1, -0.05) is 0 Å². The highest BCUT2D eigenvalue weighted by Crippen LogP contribution is 1.93. The molecule has 0 saturated carbocycles. The molecule has 7 heteroatoms. The molecule has 6 nitrogen and oxygen atoms in total. The monoisotopic (exact) mass is 236 g/mol. The lowest BCUT2D eigenvalue weighted by atomic mass is 10.5. The number of hydrogen-bond acceptors (Lipinski definition) is 5. The Morgan fingerprint density at radius 1 is 1.31 bits per heavy atom. The summed E-state index contributed by atoms with van der Waals surface area (Å²) >= 11 is 0. The molecule has 0 atom stereocenters. The highest BCUT2D eigenvalue weighted by molar-refractivity contribution is 5.66. The summed E-state index contributed by atoms with van der Waals surface area (Å²) in [6.45, 7) is 2.33. The van der Waals surface area contributed by atoms with E-state index in [2.05, 4.69) is 5.43 Å². The lowest BCUT2D eigenvalue weighted by molar-refractivity contribution is 0.00562. The summed E-state index contributed by atoms with van der Waals surface area (Å²) in [5, 5.41) is 1.73. The molecule has 94 valence electrons. The second kappa shape index (κ2) is 8.26. The number of amides is 1. The molecule has 1 N–H and O–H groups in total. The quantitative estimate of drug-likeness (QED) is 0.655. The predicted octanol–water partition coefficient (Wildman–Crippen LogP) is -0.0541. The van der Waals surface area contributed by atoms with E-state index >= 15 is 0 Å². The van der Waals surface area contributed by atoms with Gasteiger partial charge in [0.25, 0.3) is 0 Å². The second-order valence-corrected chi connectivity index (χ2v) is 3.15. The fraction of sp³-hybridized carbons (Fsp3) is 0.889. The molecule has 0 aliphatic carbocycles. The van der Waals surface area contributed by atoms with Crippen LogP contribution in [-0.2, 0) is 14.2 Å². The van der Waals surface area contributed by atoms with E-state index in [1.54, 1.807) is 5.01 Å². The molecule has 0 aromatic rings. The second-order valence-electron chi connectivity index (χ2n) is 3.15. The van der Waals surface area contributed by atoms with Crippen molar-refractivity contribution in [2.24, 2.45) is 0 Å². The number of hydrogen-bond donors (Lipinski definition) is 1. The predicted molar refractivity (Wildman–Crippen MR) is 53.7 cm³/mol. The first kappa shape index (κ1) is 13.1. The van der Waals surface area contributed by atoms with Crippen molar-refractivity contribution in [1.29, 1.82) is 0 Å². The Bertz CT molecular complexity index is 200. The minimum Gasteiger partial charge on any atom is -0.446 e. The zero-order chi connectivity index (χ0) is 11.6. The zero-order valence-corrected chi connectivity index (χ0v) is 9.12. The van der Waals surface area contributed by atoms with Gasteiger partial charge in [-0.05, 0) is 0 Å². The first-order valence-corrected chi connectivity index (χ1v) is 5.22. The molecule has 1 saturated heterocycles. The van der Waals surface area contributed by atoms with Crippen LogP contribution in [-0.4, -0.2) is 63.9 Å². The lowest BCUT2D eigenvalue weighted by Crippen LogP contribution is -2.48.